The lowest BCUT2D eigenvalue weighted by Gasteiger charge is -2.37. The van der Waals surface area contributed by atoms with Crippen molar-refractivity contribution in [1.29, 1.82) is 0 Å². The van der Waals surface area contributed by atoms with Crippen molar-refractivity contribution in [2.24, 2.45) is 0 Å². The Labute approximate surface area is 155 Å². The largest absolute Gasteiger partial charge is 0.497 e. The smallest absolute Gasteiger partial charge is 0.262 e. The number of nitrogens with zero attached hydrogens (tertiary/aromatic N) is 3. The minimum atomic E-state index is -1.30. The number of para-hydroxylation sites is 1. The number of hydrogen-bond donors (Lipinski definition) is 1. The number of carbonyl (C=O) groups excluding carboxylic acids is 1. The summed E-state index contributed by atoms with van der Waals surface area (Å²) in [6, 6.07) is 13.4. The first kappa shape index (κ1) is 17.2. The SMILES string of the molecule is COc1ccc(CN2C(=O)[C@H](C)n3c(nc4ccccc4c3=O)[C@H]2O)cc1. The number of aromatic nitrogens is 2. The molecule has 0 saturated heterocycles. The average molecular weight is 365 g/mol. The second kappa shape index (κ2) is 6.51. The van der Waals surface area contributed by atoms with Gasteiger partial charge in [0.1, 0.15) is 11.8 Å². The second-order valence-corrected chi connectivity index (χ2v) is 6.53. The van der Waals surface area contributed by atoms with Crippen molar-refractivity contribution in [2.45, 2.75) is 25.7 Å². The third-order valence-electron chi connectivity index (χ3n) is 4.90. The highest BCUT2D eigenvalue weighted by atomic mass is 16.5. The Morgan fingerprint density at radius 1 is 1.11 bits per heavy atom. The predicted octanol–water partition coefficient (Wildman–Crippen LogP) is 2.00. The Morgan fingerprint density at radius 3 is 2.52 bits per heavy atom. The summed E-state index contributed by atoms with van der Waals surface area (Å²) in [6.45, 7) is 1.85. The molecule has 7 nitrogen and oxygen atoms in total. The lowest BCUT2D eigenvalue weighted by molar-refractivity contribution is -0.151. The van der Waals surface area contributed by atoms with Crippen molar-refractivity contribution < 1.29 is 14.6 Å². The van der Waals surface area contributed by atoms with E-state index in [0.29, 0.717) is 16.7 Å². The highest BCUT2D eigenvalue weighted by Crippen LogP contribution is 2.30. The van der Waals surface area contributed by atoms with E-state index in [9.17, 15) is 14.7 Å². The summed E-state index contributed by atoms with van der Waals surface area (Å²) < 4.78 is 6.43. The molecular weight excluding hydrogens is 346 g/mol. The zero-order valence-electron chi connectivity index (χ0n) is 15.0. The first-order chi connectivity index (χ1) is 13.0. The van der Waals surface area contributed by atoms with Gasteiger partial charge in [0.2, 0.25) is 5.91 Å². The number of carbonyl (C=O) groups is 1. The van der Waals surface area contributed by atoms with Crippen molar-refractivity contribution in [3.8, 4) is 5.75 Å². The van der Waals surface area contributed by atoms with Crippen LogP contribution in [0.2, 0.25) is 0 Å². The number of fused-ring (bicyclic) bond motifs is 2. The third-order valence-corrected chi connectivity index (χ3v) is 4.90. The molecule has 2 heterocycles. The van der Waals surface area contributed by atoms with E-state index >= 15 is 0 Å². The fraction of sp³-hybridized carbons (Fsp3) is 0.250. The van der Waals surface area contributed by atoms with Crippen LogP contribution in [0.5, 0.6) is 5.75 Å². The minimum absolute atomic E-state index is 0.180. The average Bonchev–Trinajstić information content (AvgIpc) is 2.70. The van der Waals surface area contributed by atoms with Crippen LogP contribution in [0.1, 0.15) is 30.6 Å². The van der Waals surface area contributed by atoms with Gasteiger partial charge in [-0.05, 0) is 36.8 Å². The molecule has 1 amide bonds. The topological polar surface area (TPSA) is 84.7 Å². The quantitative estimate of drug-likeness (QED) is 0.767. The molecule has 1 aliphatic heterocycles. The summed E-state index contributed by atoms with van der Waals surface area (Å²) in [5, 5.41) is 11.2. The predicted molar refractivity (Wildman–Crippen MR) is 99.2 cm³/mol. The monoisotopic (exact) mass is 365 g/mol. The summed E-state index contributed by atoms with van der Waals surface area (Å²) in [5.41, 5.74) is 1.02. The van der Waals surface area contributed by atoms with E-state index in [-0.39, 0.29) is 23.8 Å². The van der Waals surface area contributed by atoms with Crippen molar-refractivity contribution >= 4 is 16.8 Å². The van der Waals surface area contributed by atoms with Gasteiger partial charge in [-0.25, -0.2) is 4.98 Å². The Balaban J connectivity index is 1.77. The maximum absolute atomic E-state index is 12.9. The van der Waals surface area contributed by atoms with E-state index in [1.54, 1.807) is 50.4 Å². The maximum Gasteiger partial charge on any atom is 0.262 e. The first-order valence-electron chi connectivity index (χ1n) is 8.64. The number of ether oxygens (including phenoxy) is 1. The van der Waals surface area contributed by atoms with Crippen LogP contribution in [0.25, 0.3) is 10.9 Å². The fourth-order valence-electron chi connectivity index (χ4n) is 3.42. The van der Waals surface area contributed by atoms with Gasteiger partial charge >= 0.3 is 0 Å². The van der Waals surface area contributed by atoms with E-state index in [1.807, 2.05) is 12.1 Å². The molecule has 138 valence electrons. The Kier molecular flexibility index (Phi) is 4.16. The normalized spacial score (nSPS) is 19.2. The van der Waals surface area contributed by atoms with E-state index in [2.05, 4.69) is 4.98 Å². The molecule has 1 N–H and O–H groups in total. The molecule has 0 saturated carbocycles. The van der Waals surface area contributed by atoms with Gasteiger partial charge < -0.3 is 14.7 Å². The zero-order valence-corrected chi connectivity index (χ0v) is 15.0. The molecule has 0 unspecified atom stereocenters. The summed E-state index contributed by atoms with van der Waals surface area (Å²) in [6.07, 6.45) is -1.30. The zero-order chi connectivity index (χ0) is 19.1. The summed E-state index contributed by atoms with van der Waals surface area (Å²) in [5.74, 6) is 0.562. The van der Waals surface area contributed by atoms with Gasteiger partial charge in [-0.15, -0.1) is 0 Å². The maximum atomic E-state index is 12.9. The molecule has 0 radical (unpaired) electrons. The Morgan fingerprint density at radius 2 is 1.81 bits per heavy atom. The third kappa shape index (κ3) is 2.76. The van der Waals surface area contributed by atoms with Crippen LogP contribution in [-0.4, -0.2) is 32.6 Å². The number of hydrogen-bond acceptors (Lipinski definition) is 5. The molecule has 1 aromatic heterocycles. The van der Waals surface area contributed by atoms with Crippen LogP contribution in [0.4, 0.5) is 0 Å². The molecule has 7 heteroatoms. The van der Waals surface area contributed by atoms with Crippen molar-refractivity contribution in [3.05, 3.63) is 70.3 Å². The van der Waals surface area contributed by atoms with Crippen molar-refractivity contribution in [1.82, 2.24) is 14.5 Å². The molecule has 0 bridgehead atoms. The molecule has 1 aliphatic rings. The highest BCUT2D eigenvalue weighted by Gasteiger charge is 2.38. The Bertz CT molecular complexity index is 1070. The fourth-order valence-corrected chi connectivity index (χ4v) is 3.42. The van der Waals surface area contributed by atoms with Crippen LogP contribution in [0.3, 0.4) is 0 Å². The number of amides is 1. The number of methoxy groups -OCH3 is 1. The number of aliphatic hydroxyl groups excluding tert-OH is 1. The van der Waals surface area contributed by atoms with Gasteiger partial charge in [0.25, 0.3) is 5.56 Å². The number of aliphatic hydroxyl groups is 1. The Hall–Kier alpha value is -3.19. The van der Waals surface area contributed by atoms with E-state index < -0.39 is 12.3 Å². The molecule has 2 aromatic carbocycles. The summed E-state index contributed by atoms with van der Waals surface area (Å²) in [7, 11) is 1.58. The molecule has 0 aliphatic carbocycles. The van der Waals surface area contributed by atoms with Crippen molar-refractivity contribution in [3.63, 3.8) is 0 Å². The molecule has 4 rings (SSSR count). The van der Waals surface area contributed by atoms with Crippen LogP contribution >= 0.6 is 0 Å². The highest BCUT2D eigenvalue weighted by molar-refractivity contribution is 5.83. The molecule has 27 heavy (non-hydrogen) atoms. The van der Waals surface area contributed by atoms with Crippen LogP contribution in [-0.2, 0) is 11.3 Å². The lowest BCUT2D eigenvalue weighted by Crippen LogP contribution is -2.48. The first-order valence-corrected chi connectivity index (χ1v) is 8.64. The van der Waals surface area contributed by atoms with Crippen LogP contribution in [0.15, 0.2) is 53.3 Å². The van der Waals surface area contributed by atoms with Gasteiger partial charge in [0.05, 0.1) is 18.0 Å². The standard InChI is InChI=1S/C20H19N3O4/c1-12-18(24)22(11-13-7-9-14(27-2)10-8-13)20(26)17-21-16-6-4-3-5-15(16)19(25)23(12)17/h3-10,12,20,26H,11H2,1-2H3/t12-,20+/m0/s1. The van der Waals surface area contributed by atoms with Gasteiger partial charge in [0.15, 0.2) is 12.1 Å². The van der Waals surface area contributed by atoms with Gasteiger partial charge in [0, 0.05) is 6.54 Å². The lowest BCUT2D eigenvalue weighted by atomic mass is 10.1. The second-order valence-electron chi connectivity index (χ2n) is 6.53. The molecular formula is C20H19N3O4. The molecule has 3 aromatic rings. The van der Waals surface area contributed by atoms with Crippen LogP contribution < -0.4 is 10.3 Å². The summed E-state index contributed by atoms with van der Waals surface area (Å²) >= 11 is 0. The van der Waals surface area contributed by atoms with E-state index in [0.717, 1.165) is 5.56 Å². The van der Waals surface area contributed by atoms with Gasteiger partial charge in [-0.1, -0.05) is 24.3 Å². The molecule has 2 atom stereocenters. The van der Waals surface area contributed by atoms with Crippen molar-refractivity contribution in [2.75, 3.05) is 7.11 Å². The molecule has 0 fully saturated rings. The number of rotatable bonds is 3. The minimum Gasteiger partial charge on any atom is -0.497 e. The van der Waals surface area contributed by atoms with Gasteiger partial charge in [-0.2, -0.15) is 0 Å². The van der Waals surface area contributed by atoms with E-state index in [4.69, 9.17) is 4.74 Å². The summed E-state index contributed by atoms with van der Waals surface area (Å²) in [4.78, 5) is 31.5. The van der Waals surface area contributed by atoms with E-state index in [1.165, 1.54) is 9.47 Å². The number of benzene rings is 2. The van der Waals surface area contributed by atoms with Gasteiger partial charge in [-0.3, -0.25) is 14.2 Å². The van der Waals surface area contributed by atoms with Crippen LogP contribution in [0, 0.1) is 0 Å². The molecule has 0 spiro atoms.